The molecule has 2 heterocycles. The van der Waals surface area contributed by atoms with E-state index in [0.717, 1.165) is 25.3 Å². The molecule has 1 saturated heterocycles. The second kappa shape index (κ2) is 8.12. The molecule has 1 aromatic heterocycles. The number of anilines is 1. The van der Waals surface area contributed by atoms with Crippen LogP contribution in [0, 0.1) is 5.82 Å². The van der Waals surface area contributed by atoms with Crippen molar-refractivity contribution in [1.29, 1.82) is 0 Å². The summed E-state index contributed by atoms with van der Waals surface area (Å²) in [6, 6.07) is 1.14. The van der Waals surface area contributed by atoms with Gasteiger partial charge in [0.2, 0.25) is 5.43 Å². The summed E-state index contributed by atoms with van der Waals surface area (Å²) in [4.78, 5) is 25.7. The number of fused-ring (bicyclic) bond motifs is 1. The monoisotopic (exact) mass is 463 g/mol. The van der Waals surface area contributed by atoms with E-state index >= 15 is 0 Å². The summed E-state index contributed by atoms with van der Waals surface area (Å²) in [6.07, 6.45) is 3.80. The molecule has 0 amide bonds. The van der Waals surface area contributed by atoms with Crippen LogP contribution < -0.4 is 16.1 Å². The lowest BCUT2D eigenvalue weighted by Crippen LogP contribution is -2.27. The first-order valence-corrected chi connectivity index (χ1v) is 10.7. The number of nitrogens with zero attached hydrogens (tertiary/aromatic N) is 2. The van der Waals surface area contributed by atoms with Crippen LogP contribution in [0.5, 0.6) is 0 Å². The third kappa shape index (κ3) is 4.73. The smallest absolute Gasteiger partial charge is 0.394 e. The number of halogens is 2. The van der Waals surface area contributed by atoms with Crippen molar-refractivity contribution in [2.45, 2.75) is 31.3 Å². The summed E-state index contributed by atoms with van der Waals surface area (Å²) in [5, 5.41) is 9.43. The molecule has 1 atom stereocenters. The fourth-order valence-electron chi connectivity index (χ4n) is 3.50. The van der Waals surface area contributed by atoms with Gasteiger partial charge in [0.05, 0.1) is 21.6 Å². The van der Waals surface area contributed by atoms with Crippen LogP contribution in [-0.4, -0.2) is 52.3 Å². The molecule has 0 bridgehead atoms. The summed E-state index contributed by atoms with van der Waals surface area (Å²) in [5.41, 5.74) is 5.46. The minimum atomic E-state index is -4.67. The van der Waals surface area contributed by atoms with Crippen LogP contribution in [0.3, 0.4) is 0 Å². The Labute approximate surface area is 175 Å². The first-order chi connectivity index (χ1) is 13.9. The Kier molecular flexibility index (Phi) is 6.07. The first-order valence-electron chi connectivity index (χ1n) is 8.89. The fraction of sp³-hybridized carbons (Fsp3) is 0.412. The van der Waals surface area contributed by atoms with Crippen LogP contribution in [0.4, 0.5) is 10.1 Å². The molecule has 0 radical (unpaired) electrons. The average Bonchev–Trinajstić information content (AvgIpc) is 3.36. The zero-order chi connectivity index (χ0) is 22.4. The molecule has 5 N–H and O–H groups in total. The number of pyridine rings is 1. The van der Waals surface area contributed by atoms with Gasteiger partial charge in [-0.3, -0.25) is 13.9 Å². The molecular weight excluding hydrogens is 445 g/mol. The third-order valence-corrected chi connectivity index (χ3v) is 5.25. The number of hydrogen-bond donors (Lipinski definition) is 4. The van der Waals surface area contributed by atoms with Crippen LogP contribution >= 0.6 is 11.6 Å². The standard InChI is InChI=1S/C17H17ClFN3O3.H2O4S/c18-13-14-10(5-12(19)15(13)21-4-3-8(20)6-21)16(23)11(17(24)25)7-22(14)9-1-2-9;1-5(2,3)4/h5,7-9H,1-4,6,20H2,(H,24,25);(H2,1,2,3,4). The summed E-state index contributed by atoms with van der Waals surface area (Å²) in [6.45, 7) is 1.08. The van der Waals surface area contributed by atoms with Gasteiger partial charge in [0.15, 0.2) is 0 Å². The highest BCUT2D eigenvalue weighted by Gasteiger charge is 2.31. The molecule has 13 heteroatoms. The minimum Gasteiger partial charge on any atom is -0.477 e. The second-order valence-electron chi connectivity index (χ2n) is 7.18. The predicted octanol–water partition coefficient (Wildman–Crippen LogP) is 1.71. The number of carbonyl (C=O) groups is 1. The zero-order valence-electron chi connectivity index (χ0n) is 15.5. The van der Waals surface area contributed by atoms with Crippen molar-refractivity contribution in [3.8, 4) is 0 Å². The van der Waals surface area contributed by atoms with Crippen molar-refractivity contribution in [3.63, 3.8) is 0 Å². The van der Waals surface area contributed by atoms with Crippen molar-refractivity contribution in [1.82, 2.24) is 4.57 Å². The Balaban J connectivity index is 0.000000461. The molecule has 4 rings (SSSR count). The fourth-order valence-corrected chi connectivity index (χ4v) is 3.91. The maximum absolute atomic E-state index is 14.8. The Morgan fingerprint density at radius 3 is 2.33 bits per heavy atom. The molecule has 2 fully saturated rings. The van der Waals surface area contributed by atoms with Crippen molar-refractivity contribution in [2.75, 3.05) is 18.0 Å². The minimum absolute atomic E-state index is 0.00143. The average molecular weight is 464 g/mol. The van der Waals surface area contributed by atoms with Crippen molar-refractivity contribution < 1.29 is 31.8 Å². The molecule has 1 saturated carbocycles. The Hall–Kier alpha value is -2.25. The van der Waals surface area contributed by atoms with Crippen molar-refractivity contribution in [3.05, 3.63) is 38.9 Å². The Bertz CT molecular complexity index is 1170. The van der Waals surface area contributed by atoms with E-state index in [0.29, 0.717) is 18.6 Å². The van der Waals surface area contributed by atoms with E-state index in [1.807, 2.05) is 0 Å². The molecular formula is C17H19ClFN3O7S. The summed E-state index contributed by atoms with van der Waals surface area (Å²) in [7, 11) is -4.67. The van der Waals surface area contributed by atoms with Gasteiger partial charge in [0.1, 0.15) is 11.4 Å². The topological polar surface area (TPSA) is 163 Å². The molecule has 164 valence electrons. The van der Waals surface area contributed by atoms with Gasteiger partial charge < -0.3 is 20.3 Å². The largest absolute Gasteiger partial charge is 0.477 e. The van der Waals surface area contributed by atoms with Gasteiger partial charge in [-0.05, 0) is 25.3 Å². The number of carboxylic acids is 1. The van der Waals surface area contributed by atoms with E-state index < -0.39 is 27.6 Å². The molecule has 2 aromatic rings. The molecule has 1 aliphatic carbocycles. The normalized spacial score (nSPS) is 19.0. The van der Waals surface area contributed by atoms with Gasteiger partial charge in [0, 0.05) is 31.4 Å². The highest BCUT2D eigenvalue weighted by molar-refractivity contribution is 7.79. The maximum Gasteiger partial charge on any atom is 0.394 e. The lowest BCUT2D eigenvalue weighted by Gasteiger charge is -2.23. The number of nitrogens with two attached hydrogens (primary N) is 1. The van der Waals surface area contributed by atoms with E-state index in [1.165, 1.54) is 6.20 Å². The van der Waals surface area contributed by atoms with Gasteiger partial charge in [-0.15, -0.1) is 0 Å². The van der Waals surface area contributed by atoms with E-state index in [2.05, 4.69) is 0 Å². The maximum atomic E-state index is 14.8. The van der Waals surface area contributed by atoms with E-state index in [9.17, 15) is 19.1 Å². The quantitative estimate of drug-likeness (QED) is 0.496. The van der Waals surface area contributed by atoms with Gasteiger partial charge in [-0.25, -0.2) is 9.18 Å². The Morgan fingerprint density at radius 2 is 1.87 bits per heavy atom. The van der Waals surface area contributed by atoms with Crippen molar-refractivity contribution in [2.24, 2.45) is 5.73 Å². The van der Waals surface area contributed by atoms with Crippen molar-refractivity contribution >= 4 is 44.6 Å². The number of rotatable bonds is 3. The number of aromatic nitrogens is 1. The lowest BCUT2D eigenvalue weighted by atomic mass is 10.1. The molecule has 30 heavy (non-hydrogen) atoms. The van der Waals surface area contributed by atoms with Gasteiger partial charge in [-0.2, -0.15) is 8.42 Å². The summed E-state index contributed by atoms with van der Waals surface area (Å²) in [5.74, 6) is -1.96. The summed E-state index contributed by atoms with van der Waals surface area (Å²) < 4.78 is 48.1. The van der Waals surface area contributed by atoms with Crippen LogP contribution in [0.2, 0.25) is 5.02 Å². The van der Waals surface area contributed by atoms with E-state index in [-0.39, 0.29) is 33.7 Å². The molecule has 2 aliphatic rings. The SMILES string of the molecule is NC1CCN(c2c(F)cc3c(=O)c(C(=O)O)cn(C4CC4)c3c2Cl)C1.O=S(=O)(O)O. The Morgan fingerprint density at radius 1 is 1.27 bits per heavy atom. The first kappa shape index (κ1) is 22.4. The number of carboxylic acid groups (broad SMARTS) is 1. The van der Waals surface area contributed by atoms with Gasteiger partial charge >= 0.3 is 16.4 Å². The van der Waals surface area contributed by atoms with E-state index in [4.69, 9.17) is 34.9 Å². The molecule has 1 aliphatic heterocycles. The lowest BCUT2D eigenvalue weighted by molar-refractivity contribution is 0.0694. The van der Waals surface area contributed by atoms with E-state index in [1.54, 1.807) is 9.47 Å². The molecule has 1 aromatic carbocycles. The highest BCUT2D eigenvalue weighted by atomic mass is 35.5. The van der Waals surface area contributed by atoms with Crippen LogP contribution in [0.1, 0.15) is 35.7 Å². The zero-order valence-corrected chi connectivity index (χ0v) is 17.0. The molecule has 10 nitrogen and oxygen atoms in total. The predicted molar refractivity (Wildman–Crippen MR) is 107 cm³/mol. The number of benzene rings is 1. The third-order valence-electron chi connectivity index (χ3n) is 4.90. The highest BCUT2D eigenvalue weighted by Crippen LogP contribution is 2.42. The summed E-state index contributed by atoms with van der Waals surface area (Å²) >= 11 is 6.53. The van der Waals surface area contributed by atoms with Crippen LogP contribution in [0.25, 0.3) is 10.9 Å². The number of hydrogen-bond acceptors (Lipinski definition) is 6. The van der Waals surface area contributed by atoms with Gasteiger partial charge in [0.25, 0.3) is 0 Å². The molecule has 0 spiro atoms. The molecule has 1 unspecified atom stereocenters. The van der Waals surface area contributed by atoms with Gasteiger partial charge in [-0.1, -0.05) is 11.6 Å². The second-order valence-corrected chi connectivity index (χ2v) is 8.45. The van der Waals surface area contributed by atoms with Crippen LogP contribution in [-0.2, 0) is 10.4 Å². The van der Waals surface area contributed by atoms with Crippen LogP contribution in [0.15, 0.2) is 17.1 Å². The number of aromatic carboxylic acids is 1.